The number of halogens is 2. The molecule has 0 aliphatic carbocycles. The Balaban J connectivity index is 2.11. The lowest BCUT2D eigenvalue weighted by Gasteiger charge is -2.10. The first-order valence-corrected chi connectivity index (χ1v) is 6.01. The van der Waals surface area contributed by atoms with E-state index in [0.717, 1.165) is 18.2 Å². The van der Waals surface area contributed by atoms with Gasteiger partial charge in [0.25, 0.3) is 0 Å². The van der Waals surface area contributed by atoms with Gasteiger partial charge < -0.3 is 14.8 Å². The molecule has 0 aliphatic rings. The molecular formula is C14H13BF2O3. The predicted molar refractivity (Wildman–Crippen MR) is 71.7 cm³/mol. The van der Waals surface area contributed by atoms with Gasteiger partial charge in [-0.2, -0.15) is 0 Å². The number of aryl methyl sites for hydroxylation is 1. The number of hydrogen-bond acceptors (Lipinski definition) is 3. The Hall–Kier alpha value is -1.92. The molecule has 0 heterocycles. The number of ether oxygens (including phenoxy) is 1. The van der Waals surface area contributed by atoms with Crippen molar-refractivity contribution in [2.45, 2.75) is 13.5 Å². The summed E-state index contributed by atoms with van der Waals surface area (Å²) in [4.78, 5) is 0. The number of hydrogen-bond donors (Lipinski definition) is 2. The molecule has 2 rings (SSSR count). The fraction of sp³-hybridized carbons (Fsp3) is 0.143. The van der Waals surface area contributed by atoms with Crippen molar-refractivity contribution in [3.05, 3.63) is 59.2 Å². The van der Waals surface area contributed by atoms with Gasteiger partial charge in [0.1, 0.15) is 24.0 Å². The van der Waals surface area contributed by atoms with Gasteiger partial charge in [-0.3, -0.25) is 0 Å². The van der Waals surface area contributed by atoms with Gasteiger partial charge in [-0.25, -0.2) is 8.78 Å². The molecule has 0 bridgehead atoms. The summed E-state index contributed by atoms with van der Waals surface area (Å²) in [5.74, 6) is -0.624. The molecule has 2 aromatic carbocycles. The summed E-state index contributed by atoms with van der Waals surface area (Å²) < 4.78 is 31.8. The van der Waals surface area contributed by atoms with E-state index in [-0.39, 0.29) is 12.2 Å². The highest BCUT2D eigenvalue weighted by Crippen LogP contribution is 2.16. The largest absolute Gasteiger partial charge is 0.489 e. The van der Waals surface area contributed by atoms with Gasteiger partial charge in [0, 0.05) is 5.56 Å². The van der Waals surface area contributed by atoms with Crippen LogP contribution in [0.5, 0.6) is 5.75 Å². The minimum absolute atomic E-state index is 0.107. The molecule has 104 valence electrons. The van der Waals surface area contributed by atoms with Crippen molar-refractivity contribution in [3.63, 3.8) is 0 Å². The van der Waals surface area contributed by atoms with Gasteiger partial charge in [0.05, 0.1) is 0 Å². The van der Waals surface area contributed by atoms with Crippen LogP contribution in [0.2, 0.25) is 0 Å². The molecule has 2 N–H and O–H groups in total. The SMILES string of the molecule is Cc1cc(OCc2cc(F)ccc2F)ccc1B(O)O. The molecule has 0 amide bonds. The molecule has 0 saturated heterocycles. The summed E-state index contributed by atoms with van der Waals surface area (Å²) in [6.45, 7) is 1.59. The Morgan fingerprint density at radius 3 is 2.50 bits per heavy atom. The second-order valence-electron chi connectivity index (χ2n) is 4.42. The molecule has 0 aliphatic heterocycles. The van der Waals surface area contributed by atoms with Crippen molar-refractivity contribution in [2.24, 2.45) is 0 Å². The van der Waals surface area contributed by atoms with E-state index in [1.165, 1.54) is 6.07 Å². The first-order valence-electron chi connectivity index (χ1n) is 6.01. The quantitative estimate of drug-likeness (QED) is 0.834. The topological polar surface area (TPSA) is 49.7 Å². The van der Waals surface area contributed by atoms with E-state index in [9.17, 15) is 8.78 Å². The molecule has 2 aromatic rings. The lowest BCUT2D eigenvalue weighted by molar-refractivity contribution is 0.299. The maximum absolute atomic E-state index is 13.4. The third-order valence-electron chi connectivity index (χ3n) is 2.92. The van der Waals surface area contributed by atoms with Gasteiger partial charge in [0.15, 0.2) is 0 Å². The minimum Gasteiger partial charge on any atom is -0.489 e. The Morgan fingerprint density at radius 1 is 1.10 bits per heavy atom. The smallest absolute Gasteiger partial charge is 0.488 e. The third-order valence-corrected chi connectivity index (χ3v) is 2.92. The van der Waals surface area contributed by atoms with Crippen LogP contribution >= 0.6 is 0 Å². The zero-order chi connectivity index (χ0) is 14.7. The maximum atomic E-state index is 13.4. The van der Waals surface area contributed by atoms with E-state index >= 15 is 0 Å². The van der Waals surface area contributed by atoms with E-state index in [4.69, 9.17) is 14.8 Å². The second kappa shape index (κ2) is 6.03. The molecule has 6 heteroatoms. The fourth-order valence-corrected chi connectivity index (χ4v) is 1.84. The first-order chi connectivity index (χ1) is 9.47. The van der Waals surface area contributed by atoms with Crippen LogP contribution in [0.15, 0.2) is 36.4 Å². The van der Waals surface area contributed by atoms with Crippen molar-refractivity contribution in [2.75, 3.05) is 0 Å². The van der Waals surface area contributed by atoms with Crippen LogP contribution in [-0.4, -0.2) is 17.2 Å². The minimum atomic E-state index is -1.55. The second-order valence-corrected chi connectivity index (χ2v) is 4.42. The van der Waals surface area contributed by atoms with Crippen LogP contribution in [0.4, 0.5) is 8.78 Å². The van der Waals surface area contributed by atoms with Gasteiger partial charge >= 0.3 is 7.12 Å². The van der Waals surface area contributed by atoms with E-state index in [2.05, 4.69) is 0 Å². The number of benzene rings is 2. The summed E-state index contributed by atoms with van der Waals surface area (Å²) in [5, 5.41) is 18.2. The predicted octanol–water partition coefficient (Wildman–Crippen LogP) is 1.53. The van der Waals surface area contributed by atoms with E-state index < -0.39 is 18.8 Å². The molecular weight excluding hydrogens is 265 g/mol. The van der Waals surface area contributed by atoms with Crippen molar-refractivity contribution < 1.29 is 23.6 Å². The molecule has 0 atom stereocenters. The van der Waals surface area contributed by atoms with Crippen molar-refractivity contribution >= 4 is 12.6 Å². The zero-order valence-electron chi connectivity index (χ0n) is 10.8. The highest BCUT2D eigenvalue weighted by Gasteiger charge is 2.14. The van der Waals surface area contributed by atoms with Gasteiger partial charge in [-0.1, -0.05) is 6.07 Å². The van der Waals surface area contributed by atoms with Gasteiger partial charge in [-0.15, -0.1) is 0 Å². The van der Waals surface area contributed by atoms with Crippen LogP contribution < -0.4 is 10.2 Å². The van der Waals surface area contributed by atoms with E-state index in [0.29, 0.717) is 16.8 Å². The van der Waals surface area contributed by atoms with E-state index in [1.807, 2.05) is 0 Å². The van der Waals surface area contributed by atoms with Crippen LogP contribution in [0.1, 0.15) is 11.1 Å². The van der Waals surface area contributed by atoms with Crippen molar-refractivity contribution in [1.29, 1.82) is 0 Å². The fourth-order valence-electron chi connectivity index (χ4n) is 1.84. The summed E-state index contributed by atoms with van der Waals surface area (Å²) in [7, 11) is -1.55. The Morgan fingerprint density at radius 2 is 1.85 bits per heavy atom. The molecule has 0 radical (unpaired) electrons. The Labute approximate surface area is 115 Å². The lowest BCUT2D eigenvalue weighted by Crippen LogP contribution is -2.31. The molecule has 0 fully saturated rings. The van der Waals surface area contributed by atoms with Crippen LogP contribution in [0.3, 0.4) is 0 Å². The van der Waals surface area contributed by atoms with Crippen molar-refractivity contribution in [3.8, 4) is 5.75 Å². The highest BCUT2D eigenvalue weighted by molar-refractivity contribution is 6.59. The van der Waals surface area contributed by atoms with Crippen molar-refractivity contribution in [1.82, 2.24) is 0 Å². The highest BCUT2D eigenvalue weighted by atomic mass is 19.1. The monoisotopic (exact) mass is 278 g/mol. The van der Waals surface area contributed by atoms with Crippen LogP contribution in [0, 0.1) is 18.6 Å². The standard InChI is InChI=1S/C14H13BF2O3/c1-9-6-12(3-4-13(9)15(18)19)20-8-10-7-11(16)2-5-14(10)17/h2-7,18-19H,8H2,1H3. The Bertz CT molecular complexity index is 617. The molecule has 20 heavy (non-hydrogen) atoms. The number of rotatable bonds is 4. The zero-order valence-corrected chi connectivity index (χ0v) is 10.8. The average Bonchev–Trinajstić information content (AvgIpc) is 2.39. The third kappa shape index (κ3) is 3.34. The normalized spacial score (nSPS) is 10.4. The summed E-state index contributed by atoms with van der Waals surface area (Å²) >= 11 is 0. The van der Waals surface area contributed by atoms with Crippen LogP contribution in [0.25, 0.3) is 0 Å². The van der Waals surface area contributed by atoms with E-state index in [1.54, 1.807) is 19.1 Å². The average molecular weight is 278 g/mol. The molecule has 3 nitrogen and oxygen atoms in total. The van der Waals surface area contributed by atoms with Gasteiger partial charge in [0.2, 0.25) is 0 Å². The molecule has 0 aromatic heterocycles. The Kier molecular flexibility index (Phi) is 4.37. The lowest BCUT2D eigenvalue weighted by atomic mass is 9.77. The summed E-state index contributed by atoms with van der Waals surface area (Å²) in [6, 6.07) is 7.82. The molecule has 0 spiro atoms. The molecule has 0 unspecified atom stereocenters. The first kappa shape index (κ1) is 14.5. The van der Waals surface area contributed by atoms with Gasteiger partial charge in [-0.05, 0) is 48.3 Å². The van der Waals surface area contributed by atoms with Crippen LogP contribution in [-0.2, 0) is 6.61 Å². The molecule has 0 saturated carbocycles. The summed E-state index contributed by atoms with van der Waals surface area (Å²) in [5.41, 5.74) is 1.13. The maximum Gasteiger partial charge on any atom is 0.488 e. The summed E-state index contributed by atoms with van der Waals surface area (Å²) in [6.07, 6.45) is 0.